The molecular formula is C23H35N2OP. The van der Waals surface area contributed by atoms with E-state index in [1.807, 2.05) is 0 Å². The predicted octanol–water partition coefficient (Wildman–Crippen LogP) is 5.98. The summed E-state index contributed by atoms with van der Waals surface area (Å²) in [5.41, 5.74) is 2.60. The van der Waals surface area contributed by atoms with Crippen molar-refractivity contribution in [2.75, 3.05) is 13.1 Å². The maximum absolute atomic E-state index is 5.82. The fourth-order valence-electron chi connectivity index (χ4n) is 5.39. The summed E-state index contributed by atoms with van der Waals surface area (Å²) in [4.78, 5) is 5.82. The van der Waals surface area contributed by atoms with Crippen molar-refractivity contribution >= 4 is 15.1 Å². The Kier molecular flexibility index (Phi) is 6.84. The Hall–Kier alpha value is -0.920. The molecule has 1 aromatic rings. The average Bonchev–Trinajstić information content (AvgIpc) is 3.22. The summed E-state index contributed by atoms with van der Waals surface area (Å²) < 4.78 is 2.42. The van der Waals surface area contributed by atoms with Crippen LogP contribution in [0.2, 0.25) is 0 Å². The number of oxime groups is 1. The Labute approximate surface area is 167 Å². The minimum atomic E-state index is 0.138. The van der Waals surface area contributed by atoms with E-state index < -0.39 is 0 Å². The van der Waals surface area contributed by atoms with Crippen LogP contribution in [0.15, 0.2) is 35.5 Å². The maximum Gasteiger partial charge on any atom is 0.157 e. The number of hydrogen-bond acceptors (Lipinski definition) is 3. The van der Waals surface area contributed by atoms with Gasteiger partial charge in [0, 0.05) is 25.4 Å². The van der Waals surface area contributed by atoms with E-state index in [9.17, 15) is 0 Å². The second kappa shape index (κ2) is 9.52. The van der Waals surface area contributed by atoms with Gasteiger partial charge in [-0.25, -0.2) is 0 Å². The molecule has 2 aliphatic heterocycles. The minimum absolute atomic E-state index is 0.138. The van der Waals surface area contributed by atoms with Crippen LogP contribution in [0.3, 0.4) is 0 Å². The minimum Gasteiger partial charge on any atom is -0.387 e. The molecule has 2 heterocycles. The van der Waals surface area contributed by atoms with E-state index in [0.29, 0.717) is 5.92 Å². The van der Waals surface area contributed by atoms with E-state index in [2.05, 4.69) is 49.5 Å². The van der Waals surface area contributed by atoms with Gasteiger partial charge in [-0.3, -0.25) is 4.67 Å². The molecule has 0 aromatic heterocycles. The number of nitrogens with zero attached hydrogens (tertiary/aromatic N) is 2. The van der Waals surface area contributed by atoms with Crippen molar-refractivity contribution in [3.63, 3.8) is 0 Å². The van der Waals surface area contributed by atoms with Crippen LogP contribution in [0.25, 0.3) is 0 Å². The van der Waals surface area contributed by atoms with Gasteiger partial charge in [-0.05, 0) is 43.1 Å². The fraction of sp³-hybridized carbons (Fsp3) is 0.696. The lowest BCUT2D eigenvalue weighted by Crippen LogP contribution is -2.30. The zero-order valence-electron chi connectivity index (χ0n) is 16.6. The molecule has 0 bridgehead atoms. The van der Waals surface area contributed by atoms with Crippen LogP contribution in [-0.4, -0.2) is 23.5 Å². The third-order valence-electron chi connectivity index (χ3n) is 7.08. The Bertz CT molecular complexity index is 612. The molecule has 4 heteroatoms. The van der Waals surface area contributed by atoms with E-state index in [1.54, 1.807) is 0 Å². The molecule has 1 aliphatic carbocycles. The standard InChI is InChI=1S/C23H35N2OP/c27-25-15-13-19(14-16-25)18-7-4-5-8-20(12-6-11-18)22-17-23(26-24-22)21-9-2-1-3-10-21/h1-3,9-10,18-20,23H,4-8,11-17,27H2. The Morgan fingerprint density at radius 2 is 1.52 bits per heavy atom. The summed E-state index contributed by atoms with van der Waals surface area (Å²) in [5.74, 6) is 2.57. The van der Waals surface area contributed by atoms with Gasteiger partial charge in [0.05, 0.1) is 5.71 Å². The van der Waals surface area contributed by atoms with Crippen LogP contribution in [0.5, 0.6) is 0 Å². The third kappa shape index (κ3) is 5.12. The maximum atomic E-state index is 5.82. The molecule has 4 rings (SSSR count). The third-order valence-corrected chi connectivity index (χ3v) is 7.60. The molecule has 2 fully saturated rings. The SMILES string of the molecule is PN1CCC(C2CCCCC(C3=NOC(c4ccccc4)C3)CCC2)CC1. The van der Waals surface area contributed by atoms with Crippen LogP contribution >= 0.6 is 9.39 Å². The lowest BCUT2D eigenvalue weighted by Gasteiger charge is -2.34. The molecule has 3 aliphatic rings. The molecule has 1 aromatic carbocycles. The smallest absolute Gasteiger partial charge is 0.157 e. The van der Waals surface area contributed by atoms with E-state index in [-0.39, 0.29) is 6.10 Å². The summed E-state index contributed by atoms with van der Waals surface area (Å²) in [7, 11) is 2.89. The van der Waals surface area contributed by atoms with Crippen LogP contribution < -0.4 is 0 Å². The molecule has 0 N–H and O–H groups in total. The highest BCUT2D eigenvalue weighted by Crippen LogP contribution is 2.37. The van der Waals surface area contributed by atoms with Gasteiger partial charge in [0.2, 0.25) is 0 Å². The van der Waals surface area contributed by atoms with Gasteiger partial charge < -0.3 is 4.84 Å². The molecule has 3 nitrogen and oxygen atoms in total. The molecule has 27 heavy (non-hydrogen) atoms. The first-order chi connectivity index (χ1) is 13.3. The van der Waals surface area contributed by atoms with Gasteiger partial charge in [0.1, 0.15) is 0 Å². The monoisotopic (exact) mass is 386 g/mol. The average molecular weight is 387 g/mol. The van der Waals surface area contributed by atoms with Crippen molar-refractivity contribution in [1.82, 2.24) is 4.67 Å². The molecule has 1 saturated carbocycles. The number of piperidine rings is 1. The topological polar surface area (TPSA) is 24.8 Å². The first-order valence-electron chi connectivity index (χ1n) is 11.1. The van der Waals surface area contributed by atoms with Crippen molar-refractivity contribution < 1.29 is 4.84 Å². The summed E-state index contributed by atoms with van der Waals surface area (Å²) in [6.07, 6.45) is 13.5. The van der Waals surface area contributed by atoms with Gasteiger partial charge in [0.25, 0.3) is 0 Å². The van der Waals surface area contributed by atoms with Crippen molar-refractivity contribution in [1.29, 1.82) is 0 Å². The lowest BCUT2D eigenvalue weighted by atomic mass is 9.79. The summed E-state index contributed by atoms with van der Waals surface area (Å²) >= 11 is 0. The normalized spacial score (nSPS) is 31.4. The van der Waals surface area contributed by atoms with Crippen LogP contribution in [0.1, 0.15) is 75.9 Å². The first-order valence-corrected chi connectivity index (χ1v) is 11.6. The summed E-state index contributed by atoms with van der Waals surface area (Å²) in [6.45, 7) is 2.53. The quantitative estimate of drug-likeness (QED) is 0.597. The second-order valence-electron chi connectivity index (χ2n) is 8.84. The molecule has 4 atom stereocenters. The van der Waals surface area contributed by atoms with Gasteiger partial charge in [-0.1, -0.05) is 77.0 Å². The molecule has 0 amide bonds. The Morgan fingerprint density at radius 1 is 0.852 bits per heavy atom. The number of rotatable bonds is 3. The van der Waals surface area contributed by atoms with Crippen LogP contribution in [0, 0.1) is 17.8 Å². The highest BCUT2D eigenvalue weighted by Gasteiger charge is 2.30. The number of benzene rings is 1. The Morgan fingerprint density at radius 3 is 2.33 bits per heavy atom. The zero-order valence-corrected chi connectivity index (χ0v) is 17.7. The second-order valence-corrected chi connectivity index (χ2v) is 9.57. The van der Waals surface area contributed by atoms with Gasteiger partial charge in [-0.2, -0.15) is 0 Å². The van der Waals surface area contributed by atoms with Crippen LogP contribution in [0.4, 0.5) is 0 Å². The zero-order chi connectivity index (χ0) is 18.5. The molecule has 4 unspecified atom stereocenters. The Balaban J connectivity index is 1.30. The molecule has 148 valence electrons. The highest BCUT2D eigenvalue weighted by molar-refractivity contribution is 7.13. The first kappa shape index (κ1) is 19.4. The van der Waals surface area contributed by atoms with Crippen molar-refractivity contribution in [2.24, 2.45) is 22.9 Å². The lowest BCUT2D eigenvalue weighted by molar-refractivity contribution is 0.0856. The number of hydrogen-bond donors (Lipinski definition) is 0. The largest absolute Gasteiger partial charge is 0.387 e. The van der Waals surface area contributed by atoms with Crippen molar-refractivity contribution in [3.05, 3.63) is 35.9 Å². The van der Waals surface area contributed by atoms with Crippen molar-refractivity contribution in [3.8, 4) is 0 Å². The van der Waals surface area contributed by atoms with Crippen LogP contribution in [-0.2, 0) is 4.84 Å². The fourth-order valence-corrected chi connectivity index (χ4v) is 5.69. The molecule has 0 radical (unpaired) electrons. The highest BCUT2D eigenvalue weighted by atomic mass is 31.0. The summed E-state index contributed by atoms with van der Waals surface area (Å²) in [5, 5.41) is 4.55. The van der Waals surface area contributed by atoms with E-state index in [1.165, 1.54) is 82.2 Å². The van der Waals surface area contributed by atoms with E-state index in [4.69, 9.17) is 4.84 Å². The molecule has 1 saturated heterocycles. The molecular weight excluding hydrogens is 351 g/mol. The van der Waals surface area contributed by atoms with Gasteiger partial charge in [0.15, 0.2) is 6.10 Å². The predicted molar refractivity (Wildman–Crippen MR) is 116 cm³/mol. The van der Waals surface area contributed by atoms with Crippen molar-refractivity contribution in [2.45, 2.75) is 70.3 Å². The molecule has 0 spiro atoms. The summed E-state index contributed by atoms with van der Waals surface area (Å²) in [6, 6.07) is 10.6. The van der Waals surface area contributed by atoms with Gasteiger partial charge >= 0.3 is 0 Å². The van der Waals surface area contributed by atoms with Gasteiger partial charge in [-0.15, -0.1) is 0 Å². The van der Waals surface area contributed by atoms with E-state index >= 15 is 0 Å². The van der Waals surface area contributed by atoms with E-state index in [0.717, 1.165) is 18.3 Å².